The Labute approximate surface area is 304 Å². The van der Waals surface area contributed by atoms with E-state index in [1.807, 2.05) is 13.8 Å². The SMILES string of the molecule is CC#CC1(O)CCC2(Cc3ccccc3)c3ccc(Oc4ccc5c(c4)CCC4CC(O)(C#CC)CCC54Cc4ccccc4)cc3CCC2C1. The zero-order chi connectivity index (χ0) is 35.1. The van der Waals surface area contributed by atoms with E-state index in [1.165, 1.54) is 33.4 Å². The largest absolute Gasteiger partial charge is 0.457 e. The minimum Gasteiger partial charge on any atom is -0.457 e. The molecule has 6 unspecified atom stereocenters. The molecule has 51 heavy (non-hydrogen) atoms. The average molecular weight is 675 g/mol. The van der Waals surface area contributed by atoms with Gasteiger partial charge in [-0.25, -0.2) is 0 Å². The van der Waals surface area contributed by atoms with E-state index >= 15 is 0 Å². The number of benzene rings is 4. The van der Waals surface area contributed by atoms with Crippen LogP contribution in [0.5, 0.6) is 11.5 Å². The van der Waals surface area contributed by atoms with E-state index < -0.39 is 11.2 Å². The van der Waals surface area contributed by atoms with Gasteiger partial charge in [0, 0.05) is 10.8 Å². The fourth-order valence-corrected chi connectivity index (χ4v) is 10.9. The second-order valence-electron chi connectivity index (χ2n) is 16.1. The van der Waals surface area contributed by atoms with Crippen molar-refractivity contribution in [2.45, 2.75) is 113 Å². The van der Waals surface area contributed by atoms with E-state index in [0.29, 0.717) is 24.7 Å². The minimum atomic E-state index is -0.894. The lowest BCUT2D eigenvalue weighted by atomic mass is 9.52. The van der Waals surface area contributed by atoms with Crippen LogP contribution in [0, 0.1) is 35.5 Å². The molecule has 0 bridgehead atoms. The van der Waals surface area contributed by atoms with Crippen LogP contribution in [0.4, 0.5) is 0 Å². The molecule has 2 N–H and O–H groups in total. The van der Waals surface area contributed by atoms with Crippen LogP contribution < -0.4 is 4.74 Å². The predicted molar refractivity (Wildman–Crippen MR) is 205 cm³/mol. The van der Waals surface area contributed by atoms with E-state index in [2.05, 4.69) is 121 Å². The molecule has 2 saturated carbocycles. The van der Waals surface area contributed by atoms with Crippen molar-refractivity contribution in [2.75, 3.05) is 0 Å². The molecule has 4 aliphatic carbocycles. The Kier molecular flexibility index (Phi) is 8.87. The Morgan fingerprint density at radius 3 is 1.43 bits per heavy atom. The third-order valence-corrected chi connectivity index (χ3v) is 13.1. The third kappa shape index (κ3) is 6.31. The maximum absolute atomic E-state index is 11.4. The van der Waals surface area contributed by atoms with Gasteiger partial charge >= 0.3 is 0 Å². The highest BCUT2D eigenvalue weighted by molar-refractivity contribution is 5.49. The van der Waals surface area contributed by atoms with Crippen molar-refractivity contribution in [3.8, 4) is 35.2 Å². The Balaban J connectivity index is 1.09. The molecule has 3 heteroatoms. The highest BCUT2D eigenvalue weighted by Crippen LogP contribution is 2.56. The summed E-state index contributed by atoms with van der Waals surface area (Å²) >= 11 is 0. The zero-order valence-electron chi connectivity index (χ0n) is 30.2. The molecule has 2 fully saturated rings. The van der Waals surface area contributed by atoms with Crippen LogP contribution in [-0.4, -0.2) is 21.4 Å². The van der Waals surface area contributed by atoms with E-state index in [-0.39, 0.29) is 10.8 Å². The molecule has 3 nitrogen and oxygen atoms in total. The second kappa shape index (κ2) is 13.4. The molecular formula is C48H50O3. The molecule has 0 saturated heterocycles. The van der Waals surface area contributed by atoms with Gasteiger partial charge in [0.1, 0.15) is 22.7 Å². The topological polar surface area (TPSA) is 49.7 Å². The lowest BCUT2D eigenvalue weighted by molar-refractivity contribution is -0.00820. The second-order valence-corrected chi connectivity index (χ2v) is 16.1. The van der Waals surface area contributed by atoms with Gasteiger partial charge in [-0.3, -0.25) is 0 Å². The van der Waals surface area contributed by atoms with Gasteiger partial charge in [-0.2, -0.15) is 0 Å². The molecule has 6 atom stereocenters. The van der Waals surface area contributed by atoms with E-state index in [9.17, 15) is 10.2 Å². The first kappa shape index (κ1) is 33.8. The molecule has 4 aliphatic rings. The van der Waals surface area contributed by atoms with E-state index in [4.69, 9.17) is 4.74 Å². The standard InChI is InChI=1S/C48H50O3/c1-3-23-45(49)25-27-47(31-35-11-7-5-8-12-35)39(33-45)17-15-37-29-41(19-21-43(37)47)51-42-20-22-44-38(30-42)16-18-40-34-46(50,24-4-2)26-28-48(40,44)32-36-13-9-6-10-14-36/h5-14,19-22,29-30,39-40,49-50H,15-18,25-28,31-34H2,1-2H3. The monoisotopic (exact) mass is 674 g/mol. The summed E-state index contributed by atoms with van der Waals surface area (Å²) in [5.41, 5.74) is 6.45. The van der Waals surface area contributed by atoms with Crippen LogP contribution in [0.2, 0.25) is 0 Å². The van der Waals surface area contributed by atoms with Crippen LogP contribution in [0.3, 0.4) is 0 Å². The molecule has 0 spiro atoms. The molecule has 8 rings (SSSR count). The van der Waals surface area contributed by atoms with Gasteiger partial charge in [0.15, 0.2) is 0 Å². The molecule has 0 aliphatic heterocycles. The quantitative estimate of drug-likeness (QED) is 0.201. The van der Waals surface area contributed by atoms with Crippen molar-refractivity contribution in [3.05, 3.63) is 130 Å². The predicted octanol–water partition coefficient (Wildman–Crippen LogP) is 9.44. The molecule has 4 aromatic carbocycles. The van der Waals surface area contributed by atoms with Crippen molar-refractivity contribution in [2.24, 2.45) is 11.8 Å². The van der Waals surface area contributed by atoms with Crippen molar-refractivity contribution < 1.29 is 14.9 Å². The number of aryl methyl sites for hydroxylation is 2. The summed E-state index contributed by atoms with van der Waals surface area (Å²) < 4.78 is 6.70. The minimum absolute atomic E-state index is 0.0284. The first-order chi connectivity index (χ1) is 24.8. The molecule has 260 valence electrons. The molecule has 0 heterocycles. The smallest absolute Gasteiger partial charge is 0.127 e. The summed E-state index contributed by atoms with van der Waals surface area (Å²) in [5.74, 6) is 14.9. The Morgan fingerprint density at radius 1 is 0.588 bits per heavy atom. The van der Waals surface area contributed by atoms with Gasteiger partial charge in [-0.05, 0) is 160 Å². The van der Waals surface area contributed by atoms with Crippen LogP contribution in [0.25, 0.3) is 0 Å². The summed E-state index contributed by atoms with van der Waals surface area (Å²) in [5, 5.41) is 22.8. The summed E-state index contributed by atoms with van der Waals surface area (Å²) in [6.45, 7) is 3.67. The number of hydrogen-bond acceptors (Lipinski definition) is 3. The Morgan fingerprint density at radius 2 is 1.02 bits per heavy atom. The van der Waals surface area contributed by atoms with Crippen molar-refractivity contribution in [3.63, 3.8) is 0 Å². The van der Waals surface area contributed by atoms with Crippen molar-refractivity contribution in [1.29, 1.82) is 0 Å². The fourth-order valence-electron chi connectivity index (χ4n) is 10.9. The van der Waals surface area contributed by atoms with Crippen LogP contribution >= 0.6 is 0 Å². The van der Waals surface area contributed by atoms with Gasteiger partial charge in [-0.1, -0.05) is 84.6 Å². The Hall–Kier alpha value is -4.28. The number of rotatable bonds is 6. The lowest BCUT2D eigenvalue weighted by Gasteiger charge is -2.52. The summed E-state index contributed by atoms with van der Waals surface area (Å²) in [7, 11) is 0. The molecule has 0 radical (unpaired) electrons. The number of hydrogen-bond donors (Lipinski definition) is 2. The van der Waals surface area contributed by atoms with E-state index in [1.54, 1.807) is 0 Å². The van der Waals surface area contributed by atoms with Gasteiger partial charge in [0.2, 0.25) is 0 Å². The molecular weight excluding hydrogens is 625 g/mol. The summed E-state index contributed by atoms with van der Waals surface area (Å²) in [6, 6.07) is 35.3. The van der Waals surface area contributed by atoms with Gasteiger partial charge < -0.3 is 14.9 Å². The third-order valence-electron chi connectivity index (χ3n) is 13.1. The number of ether oxygens (including phenoxy) is 1. The maximum atomic E-state index is 11.4. The average Bonchev–Trinajstić information content (AvgIpc) is 3.13. The van der Waals surface area contributed by atoms with Crippen LogP contribution in [0.1, 0.15) is 98.6 Å². The number of fused-ring (bicyclic) bond motifs is 6. The summed E-state index contributed by atoms with van der Waals surface area (Å²) in [6.07, 6.45) is 10.7. The zero-order valence-corrected chi connectivity index (χ0v) is 30.2. The lowest BCUT2D eigenvalue weighted by Crippen LogP contribution is -2.50. The molecule has 4 aromatic rings. The first-order valence-corrected chi connectivity index (χ1v) is 19.1. The normalized spacial score (nSPS) is 30.5. The molecule has 0 aromatic heterocycles. The van der Waals surface area contributed by atoms with Gasteiger partial charge in [0.25, 0.3) is 0 Å². The summed E-state index contributed by atoms with van der Waals surface area (Å²) in [4.78, 5) is 0. The highest BCUT2D eigenvalue weighted by atomic mass is 16.5. The fraction of sp³-hybridized carbons (Fsp3) is 0.417. The van der Waals surface area contributed by atoms with Crippen LogP contribution in [0.15, 0.2) is 97.1 Å². The van der Waals surface area contributed by atoms with Crippen molar-refractivity contribution >= 4 is 0 Å². The van der Waals surface area contributed by atoms with Crippen molar-refractivity contribution in [1.82, 2.24) is 0 Å². The first-order valence-electron chi connectivity index (χ1n) is 19.1. The maximum Gasteiger partial charge on any atom is 0.127 e. The molecule has 0 amide bonds. The number of aliphatic hydroxyl groups is 2. The van der Waals surface area contributed by atoms with Gasteiger partial charge in [-0.15, -0.1) is 11.8 Å². The Bertz CT molecular complexity index is 1880. The van der Waals surface area contributed by atoms with Gasteiger partial charge in [0.05, 0.1) is 0 Å². The van der Waals surface area contributed by atoms with E-state index in [0.717, 1.165) is 75.7 Å². The highest BCUT2D eigenvalue weighted by Gasteiger charge is 2.52. The van der Waals surface area contributed by atoms with Crippen LogP contribution in [-0.2, 0) is 36.5 Å².